The molecule has 7 heteroatoms. The Hall–Kier alpha value is -1.47. The molecule has 0 bridgehead atoms. The van der Waals surface area contributed by atoms with Crippen LogP contribution in [0.4, 0.5) is 0 Å². The van der Waals surface area contributed by atoms with Gasteiger partial charge in [0.1, 0.15) is 18.7 Å². The number of morpholine rings is 1. The van der Waals surface area contributed by atoms with Crippen LogP contribution in [-0.4, -0.2) is 64.5 Å². The van der Waals surface area contributed by atoms with Crippen LogP contribution in [-0.2, 0) is 9.53 Å². The molecule has 0 unspecified atom stereocenters. The summed E-state index contributed by atoms with van der Waals surface area (Å²) in [7, 11) is 0. The zero-order valence-electron chi connectivity index (χ0n) is 11.5. The predicted octanol–water partition coefficient (Wildman–Crippen LogP) is -0.324. The van der Waals surface area contributed by atoms with Crippen molar-refractivity contribution in [3.63, 3.8) is 0 Å². The minimum absolute atomic E-state index is 0.0365. The fourth-order valence-electron chi connectivity index (χ4n) is 2.08. The van der Waals surface area contributed by atoms with Gasteiger partial charge in [0.15, 0.2) is 0 Å². The van der Waals surface area contributed by atoms with Crippen molar-refractivity contribution in [2.45, 2.75) is 25.9 Å². The van der Waals surface area contributed by atoms with Crippen molar-refractivity contribution in [1.29, 1.82) is 0 Å². The third kappa shape index (κ3) is 3.74. The molecule has 1 amide bonds. The molecule has 1 aromatic rings. The smallest absolute Gasteiger partial charge is 0.244 e. The Balaban J connectivity index is 1.76. The molecule has 0 radical (unpaired) electrons. The average Bonchev–Trinajstić information content (AvgIpc) is 2.98. The lowest BCUT2D eigenvalue weighted by Crippen LogP contribution is -2.48. The summed E-state index contributed by atoms with van der Waals surface area (Å²) < 4.78 is 6.87. The lowest BCUT2D eigenvalue weighted by Gasteiger charge is -2.32. The van der Waals surface area contributed by atoms with Gasteiger partial charge in [-0.15, -0.1) is 0 Å². The maximum Gasteiger partial charge on any atom is 0.244 e. The lowest BCUT2D eigenvalue weighted by molar-refractivity contribution is -0.124. The standard InChI is InChI=1S/C12H21N5O2/c1-10(16-3-5-19-6-4-16)7-14-12(18)11(2)17-9-13-8-15-17/h8-11H,3-7H2,1-2H3,(H,14,18)/t10-,11-/m0/s1. The second-order valence-corrected chi connectivity index (χ2v) is 4.79. The van der Waals surface area contributed by atoms with Gasteiger partial charge in [-0.2, -0.15) is 5.10 Å². The van der Waals surface area contributed by atoms with Crippen molar-refractivity contribution in [1.82, 2.24) is 25.0 Å². The minimum Gasteiger partial charge on any atom is -0.379 e. The molecule has 2 rings (SSSR count). The van der Waals surface area contributed by atoms with E-state index in [9.17, 15) is 4.79 Å². The molecule has 2 heterocycles. The van der Waals surface area contributed by atoms with Crippen molar-refractivity contribution in [3.8, 4) is 0 Å². The SMILES string of the molecule is C[C@@H](CNC(=O)[C@H](C)n1cncn1)N1CCOCC1. The number of rotatable bonds is 5. The van der Waals surface area contributed by atoms with Crippen molar-refractivity contribution in [2.75, 3.05) is 32.8 Å². The lowest BCUT2D eigenvalue weighted by atomic mass is 10.2. The Bertz CT molecular complexity index is 389. The molecule has 1 N–H and O–H groups in total. The number of ether oxygens (including phenoxy) is 1. The molecule has 1 aromatic heterocycles. The maximum absolute atomic E-state index is 12.0. The highest BCUT2D eigenvalue weighted by molar-refractivity contribution is 5.79. The Morgan fingerprint density at radius 3 is 2.79 bits per heavy atom. The van der Waals surface area contributed by atoms with Gasteiger partial charge in [0.05, 0.1) is 13.2 Å². The summed E-state index contributed by atoms with van der Waals surface area (Å²) in [5.74, 6) is -0.0365. The van der Waals surface area contributed by atoms with E-state index in [0.29, 0.717) is 12.6 Å². The largest absolute Gasteiger partial charge is 0.379 e. The van der Waals surface area contributed by atoms with Gasteiger partial charge in [0.25, 0.3) is 0 Å². The molecule has 0 saturated carbocycles. The van der Waals surface area contributed by atoms with Crippen LogP contribution in [0.5, 0.6) is 0 Å². The number of nitrogens with one attached hydrogen (secondary N) is 1. The van der Waals surface area contributed by atoms with Crippen molar-refractivity contribution >= 4 is 5.91 Å². The summed E-state index contributed by atoms with van der Waals surface area (Å²) >= 11 is 0. The first-order valence-corrected chi connectivity index (χ1v) is 6.62. The van der Waals surface area contributed by atoms with E-state index in [1.54, 1.807) is 11.0 Å². The van der Waals surface area contributed by atoms with E-state index < -0.39 is 0 Å². The third-order valence-electron chi connectivity index (χ3n) is 3.45. The van der Waals surface area contributed by atoms with Gasteiger partial charge in [-0.1, -0.05) is 0 Å². The first-order chi connectivity index (χ1) is 9.18. The summed E-state index contributed by atoms with van der Waals surface area (Å²) in [6, 6.07) is -0.0183. The van der Waals surface area contributed by atoms with E-state index in [-0.39, 0.29) is 11.9 Å². The number of aromatic nitrogens is 3. The van der Waals surface area contributed by atoms with E-state index in [2.05, 4.69) is 27.2 Å². The highest BCUT2D eigenvalue weighted by Crippen LogP contribution is 2.04. The van der Waals surface area contributed by atoms with E-state index >= 15 is 0 Å². The third-order valence-corrected chi connectivity index (χ3v) is 3.45. The summed E-state index contributed by atoms with van der Waals surface area (Å²) in [6.07, 6.45) is 2.98. The predicted molar refractivity (Wildman–Crippen MR) is 69.6 cm³/mol. The topological polar surface area (TPSA) is 72.3 Å². The van der Waals surface area contributed by atoms with Crippen LogP contribution in [0.25, 0.3) is 0 Å². The van der Waals surface area contributed by atoms with Gasteiger partial charge in [0, 0.05) is 25.7 Å². The molecule has 7 nitrogen and oxygen atoms in total. The zero-order valence-corrected chi connectivity index (χ0v) is 11.5. The van der Waals surface area contributed by atoms with Crippen molar-refractivity contribution < 1.29 is 9.53 Å². The summed E-state index contributed by atoms with van der Waals surface area (Å²) in [5, 5.41) is 6.93. The molecule has 0 spiro atoms. The van der Waals surface area contributed by atoms with Crippen LogP contribution >= 0.6 is 0 Å². The van der Waals surface area contributed by atoms with Crippen LogP contribution < -0.4 is 5.32 Å². The van der Waals surface area contributed by atoms with Gasteiger partial charge in [-0.25, -0.2) is 9.67 Å². The molecule has 1 aliphatic heterocycles. The van der Waals surface area contributed by atoms with Crippen molar-refractivity contribution in [3.05, 3.63) is 12.7 Å². The maximum atomic E-state index is 12.0. The normalized spacial score (nSPS) is 19.9. The molecule has 1 aliphatic rings. The first kappa shape index (κ1) is 14.0. The van der Waals surface area contributed by atoms with Gasteiger partial charge < -0.3 is 10.1 Å². The molecular weight excluding hydrogens is 246 g/mol. The first-order valence-electron chi connectivity index (χ1n) is 6.62. The highest BCUT2D eigenvalue weighted by atomic mass is 16.5. The zero-order chi connectivity index (χ0) is 13.7. The number of hydrogen-bond acceptors (Lipinski definition) is 5. The average molecular weight is 267 g/mol. The molecule has 2 atom stereocenters. The second kappa shape index (κ2) is 6.63. The van der Waals surface area contributed by atoms with E-state index in [0.717, 1.165) is 26.3 Å². The van der Waals surface area contributed by atoms with E-state index in [4.69, 9.17) is 4.74 Å². The Labute approximate surface area is 112 Å². The Kier molecular flexibility index (Phi) is 4.86. The highest BCUT2D eigenvalue weighted by Gasteiger charge is 2.20. The fourth-order valence-corrected chi connectivity index (χ4v) is 2.08. The van der Waals surface area contributed by atoms with Crippen LogP contribution in [0.3, 0.4) is 0 Å². The molecule has 1 fully saturated rings. The van der Waals surface area contributed by atoms with Crippen LogP contribution in [0.15, 0.2) is 12.7 Å². The van der Waals surface area contributed by atoms with Crippen LogP contribution in [0.2, 0.25) is 0 Å². The molecule has 19 heavy (non-hydrogen) atoms. The van der Waals surface area contributed by atoms with Crippen LogP contribution in [0, 0.1) is 0 Å². The van der Waals surface area contributed by atoms with Gasteiger partial charge in [-0.3, -0.25) is 9.69 Å². The number of amides is 1. The Morgan fingerprint density at radius 1 is 1.42 bits per heavy atom. The molecule has 0 aliphatic carbocycles. The van der Waals surface area contributed by atoms with E-state index in [1.807, 2.05) is 6.92 Å². The quantitative estimate of drug-likeness (QED) is 0.791. The minimum atomic E-state index is -0.334. The number of nitrogens with zero attached hydrogens (tertiary/aromatic N) is 4. The second-order valence-electron chi connectivity index (χ2n) is 4.79. The number of hydrogen-bond donors (Lipinski definition) is 1. The summed E-state index contributed by atoms with van der Waals surface area (Å²) in [6.45, 7) is 7.96. The molecular formula is C12H21N5O2. The van der Waals surface area contributed by atoms with Crippen LogP contribution in [0.1, 0.15) is 19.9 Å². The van der Waals surface area contributed by atoms with Gasteiger partial charge in [-0.05, 0) is 13.8 Å². The number of carbonyl (C=O) groups is 1. The van der Waals surface area contributed by atoms with Gasteiger partial charge >= 0.3 is 0 Å². The van der Waals surface area contributed by atoms with E-state index in [1.165, 1.54) is 6.33 Å². The molecule has 0 aromatic carbocycles. The molecule has 106 valence electrons. The van der Waals surface area contributed by atoms with Crippen molar-refractivity contribution in [2.24, 2.45) is 0 Å². The summed E-state index contributed by atoms with van der Waals surface area (Å²) in [4.78, 5) is 18.2. The fraction of sp³-hybridized carbons (Fsp3) is 0.750. The number of carbonyl (C=O) groups excluding carboxylic acids is 1. The molecule has 1 saturated heterocycles. The summed E-state index contributed by atoms with van der Waals surface area (Å²) in [5.41, 5.74) is 0. The monoisotopic (exact) mass is 267 g/mol. The van der Waals surface area contributed by atoms with Gasteiger partial charge in [0.2, 0.25) is 5.91 Å². The Morgan fingerprint density at radius 2 is 2.16 bits per heavy atom.